The summed E-state index contributed by atoms with van der Waals surface area (Å²) in [5, 5.41) is 26.6. The van der Waals surface area contributed by atoms with Gasteiger partial charge in [0.05, 0.1) is 24.9 Å². The predicted molar refractivity (Wildman–Crippen MR) is 85.2 cm³/mol. The van der Waals surface area contributed by atoms with Crippen molar-refractivity contribution in [2.75, 3.05) is 13.2 Å². The van der Waals surface area contributed by atoms with E-state index in [1.165, 1.54) is 11.3 Å². The number of amides is 2. The largest absolute Gasteiger partial charge is 0.394 e. The summed E-state index contributed by atoms with van der Waals surface area (Å²) >= 11 is 0. The molecule has 3 N–H and O–H groups in total. The lowest BCUT2D eigenvalue weighted by Crippen LogP contribution is -2.49. The number of nitrogens with zero attached hydrogens (tertiary/aromatic N) is 3. The quantitative estimate of drug-likeness (QED) is 0.754. The lowest BCUT2D eigenvalue weighted by Gasteiger charge is -2.29. The Morgan fingerprint density at radius 3 is 3.00 bits per heavy atom. The number of hydrogen-bond donors (Lipinski definition) is 3. The minimum atomic E-state index is -0.543. The van der Waals surface area contributed by atoms with Crippen LogP contribution in [-0.4, -0.2) is 62.3 Å². The summed E-state index contributed by atoms with van der Waals surface area (Å²) < 4.78 is 2.03. The summed E-state index contributed by atoms with van der Waals surface area (Å²) in [5.41, 5.74) is 2.48. The highest BCUT2D eigenvalue weighted by Gasteiger charge is 2.35. The third-order valence-corrected chi connectivity index (χ3v) is 4.87. The van der Waals surface area contributed by atoms with Crippen LogP contribution in [-0.2, 0) is 12.8 Å². The number of aryl methyl sites for hydroxylation is 1. The van der Waals surface area contributed by atoms with Gasteiger partial charge < -0.3 is 20.4 Å². The molecule has 2 heterocycles. The van der Waals surface area contributed by atoms with Gasteiger partial charge in [-0.05, 0) is 38.7 Å². The molecule has 7 nitrogen and oxygen atoms in total. The molecule has 0 aromatic carbocycles. The van der Waals surface area contributed by atoms with E-state index in [0.717, 1.165) is 19.3 Å². The van der Waals surface area contributed by atoms with Gasteiger partial charge in [-0.2, -0.15) is 5.10 Å². The Kier molecular flexibility index (Phi) is 4.59. The summed E-state index contributed by atoms with van der Waals surface area (Å²) in [6, 6.07) is -0.100. The fraction of sp³-hybridized carbons (Fsp3) is 0.750. The fourth-order valence-corrected chi connectivity index (χ4v) is 3.66. The van der Waals surface area contributed by atoms with E-state index < -0.39 is 6.10 Å². The Morgan fingerprint density at radius 1 is 1.52 bits per heavy atom. The highest BCUT2D eigenvalue weighted by atomic mass is 16.3. The Labute approximate surface area is 136 Å². The van der Waals surface area contributed by atoms with E-state index in [4.69, 9.17) is 0 Å². The molecular formula is C16H26N4O3. The lowest BCUT2D eigenvalue weighted by atomic mass is 9.93. The van der Waals surface area contributed by atoms with Crippen LogP contribution in [0.3, 0.4) is 0 Å². The third-order valence-electron chi connectivity index (χ3n) is 4.87. The van der Waals surface area contributed by atoms with E-state index in [1.54, 1.807) is 4.90 Å². The number of hydrogen-bond acceptors (Lipinski definition) is 4. The van der Waals surface area contributed by atoms with Crippen LogP contribution in [0, 0.1) is 0 Å². The van der Waals surface area contributed by atoms with Crippen LogP contribution in [0.2, 0.25) is 0 Å². The molecule has 3 rings (SSSR count). The number of urea groups is 1. The number of nitrogens with one attached hydrogen (secondary N) is 1. The van der Waals surface area contributed by atoms with Crippen molar-refractivity contribution >= 4 is 6.03 Å². The van der Waals surface area contributed by atoms with Crippen LogP contribution < -0.4 is 5.32 Å². The average molecular weight is 322 g/mol. The molecule has 0 radical (unpaired) electrons. The van der Waals surface area contributed by atoms with E-state index in [0.29, 0.717) is 19.0 Å². The molecule has 1 fully saturated rings. The first-order valence-electron chi connectivity index (χ1n) is 8.41. The highest BCUT2D eigenvalue weighted by molar-refractivity contribution is 5.75. The normalized spacial score (nSPS) is 27.3. The highest BCUT2D eigenvalue weighted by Crippen LogP contribution is 2.24. The van der Waals surface area contributed by atoms with Crippen molar-refractivity contribution in [1.82, 2.24) is 20.0 Å². The number of carbonyl (C=O) groups excluding carboxylic acids is 1. The zero-order chi connectivity index (χ0) is 16.6. The number of fused-ring (bicyclic) bond motifs is 1. The van der Waals surface area contributed by atoms with Crippen LogP contribution in [0.15, 0.2) is 6.20 Å². The van der Waals surface area contributed by atoms with Crippen LogP contribution in [0.5, 0.6) is 0 Å². The zero-order valence-corrected chi connectivity index (χ0v) is 13.8. The summed E-state index contributed by atoms with van der Waals surface area (Å²) in [5.74, 6) is 0. The van der Waals surface area contributed by atoms with Gasteiger partial charge in [0.2, 0.25) is 0 Å². The first-order valence-corrected chi connectivity index (χ1v) is 8.41. The van der Waals surface area contributed by atoms with Crippen molar-refractivity contribution < 1.29 is 15.0 Å². The molecule has 1 aliphatic carbocycles. The van der Waals surface area contributed by atoms with Crippen molar-refractivity contribution in [3.8, 4) is 0 Å². The Morgan fingerprint density at radius 2 is 2.30 bits per heavy atom. The number of likely N-dealkylation sites (tertiary alicyclic amines) is 1. The van der Waals surface area contributed by atoms with E-state index in [1.807, 2.05) is 10.9 Å². The smallest absolute Gasteiger partial charge is 0.318 e. The van der Waals surface area contributed by atoms with Crippen molar-refractivity contribution in [2.45, 2.75) is 63.8 Å². The Bertz CT molecular complexity index is 572. The van der Waals surface area contributed by atoms with E-state index in [2.05, 4.69) is 24.3 Å². The summed E-state index contributed by atoms with van der Waals surface area (Å²) in [4.78, 5) is 14.0. The standard InChI is InChI=1S/C16H26N4O3/c1-10(2)20-15-5-12(4-3-11(15)7-17-20)18-16(23)19-8-14(22)6-13(19)9-21/h7,10,12-14,21-22H,3-6,8-9H2,1-2H3,(H,18,23)/t12-,13+,14+/m1/s1. The Hall–Kier alpha value is -1.60. The van der Waals surface area contributed by atoms with E-state index >= 15 is 0 Å². The van der Waals surface area contributed by atoms with Gasteiger partial charge >= 0.3 is 6.03 Å². The number of carbonyl (C=O) groups is 1. The summed E-state index contributed by atoms with van der Waals surface area (Å²) in [6.07, 6.45) is 4.42. The van der Waals surface area contributed by atoms with Gasteiger partial charge in [0, 0.05) is 30.7 Å². The van der Waals surface area contributed by atoms with Gasteiger partial charge in [-0.1, -0.05) is 0 Å². The first kappa shape index (κ1) is 16.3. The second-order valence-electron chi connectivity index (χ2n) is 6.92. The minimum absolute atomic E-state index is 0.0706. The van der Waals surface area contributed by atoms with Crippen molar-refractivity contribution in [3.63, 3.8) is 0 Å². The van der Waals surface area contributed by atoms with Crippen LogP contribution in [0.25, 0.3) is 0 Å². The van der Waals surface area contributed by atoms with Crippen LogP contribution in [0.1, 0.15) is 44.0 Å². The van der Waals surface area contributed by atoms with Gasteiger partial charge in [0.15, 0.2) is 0 Å². The molecule has 1 saturated heterocycles. The average Bonchev–Trinajstić information content (AvgIpc) is 3.09. The van der Waals surface area contributed by atoms with Gasteiger partial charge in [0.25, 0.3) is 0 Å². The van der Waals surface area contributed by atoms with Crippen LogP contribution in [0.4, 0.5) is 4.79 Å². The number of aliphatic hydroxyl groups excluding tert-OH is 2. The number of rotatable bonds is 3. The maximum Gasteiger partial charge on any atom is 0.318 e. The molecule has 1 aliphatic heterocycles. The molecule has 0 bridgehead atoms. The van der Waals surface area contributed by atoms with Crippen LogP contribution >= 0.6 is 0 Å². The number of β-amino-alcohol motifs (C(OH)–C–C–N with tert-alkyl or cyclic N) is 1. The summed E-state index contributed by atoms with van der Waals surface area (Å²) in [7, 11) is 0. The summed E-state index contributed by atoms with van der Waals surface area (Å²) in [6.45, 7) is 4.39. The van der Waals surface area contributed by atoms with Gasteiger partial charge in [-0.15, -0.1) is 0 Å². The maximum absolute atomic E-state index is 12.5. The second kappa shape index (κ2) is 6.49. The molecule has 0 saturated carbocycles. The molecule has 1 aromatic rings. The van der Waals surface area contributed by atoms with Gasteiger partial charge in [0.1, 0.15) is 0 Å². The molecule has 1 aromatic heterocycles. The van der Waals surface area contributed by atoms with Gasteiger partial charge in [-0.25, -0.2) is 4.79 Å². The fourth-order valence-electron chi connectivity index (χ4n) is 3.66. The molecular weight excluding hydrogens is 296 g/mol. The van der Waals surface area contributed by atoms with E-state index in [-0.39, 0.29) is 24.7 Å². The molecule has 7 heteroatoms. The SMILES string of the molecule is CC(C)n1ncc2c1C[C@H](NC(=O)N1C[C@@H](O)C[C@H]1CO)CC2. The predicted octanol–water partition coefficient (Wildman–Crippen LogP) is 0.458. The Balaban J connectivity index is 1.65. The second-order valence-corrected chi connectivity index (χ2v) is 6.92. The van der Waals surface area contributed by atoms with Crippen molar-refractivity contribution in [3.05, 3.63) is 17.5 Å². The van der Waals surface area contributed by atoms with Crippen molar-refractivity contribution in [1.29, 1.82) is 0 Å². The molecule has 3 atom stereocenters. The molecule has 23 heavy (non-hydrogen) atoms. The lowest BCUT2D eigenvalue weighted by molar-refractivity contribution is 0.151. The monoisotopic (exact) mass is 322 g/mol. The molecule has 128 valence electrons. The van der Waals surface area contributed by atoms with E-state index in [9.17, 15) is 15.0 Å². The molecule has 2 aliphatic rings. The first-order chi connectivity index (χ1) is 11.0. The molecule has 2 amide bonds. The van der Waals surface area contributed by atoms with Gasteiger partial charge in [-0.3, -0.25) is 4.68 Å². The number of aliphatic hydroxyl groups is 2. The molecule has 0 spiro atoms. The third kappa shape index (κ3) is 3.21. The molecule has 0 unspecified atom stereocenters. The zero-order valence-electron chi connectivity index (χ0n) is 13.8. The van der Waals surface area contributed by atoms with Crippen molar-refractivity contribution in [2.24, 2.45) is 0 Å². The number of aromatic nitrogens is 2. The topological polar surface area (TPSA) is 90.6 Å². The maximum atomic E-state index is 12.5. The minimum Gasteiger partial charge on any atom is -0.394 e.